The van der Waals surface area contributed by atoms with Gasteiger partial charge < -0.3 is 15.0 Å². The number of carbonyl (C=O) groups excluding carboxylic acids is 2. The molecular formula is C31H36Cl2N4O7S. The average molecular weight is 680 g/mol. The van der Waals surface area contributed by atoms with Crippen LogP contribution in [0.4, 0.5) is 11.4 Å². The van der Waals surface area contributed by atoms with Crippen LogP contribution in [0.5, 0.6) is 5.75 Å². The number of halogens is 2. The molecule has 3 rings (SSSR count). The van der Waals surface area contributed by atoms with Gasteiger partial charge in [-0.15, -0.1) is 0 Å². The predicted molar refractivity (Wildman–Crippen MR) is 174 cm³/mol. The van der Waals surface area contributed by atoms with E-state index in [1.54, 1.807) is 25.1 Å². The minimum atomic E-state index is -4.53. The van der Waals surface area contributed by atoms with E-state index in [1.807, 2.05) is 13.8 Å². The molecule has 0 aromatic heterocycles. The van der Waals surface area contributed by atoms with E-state index in [4.69, 9.17) is 27.9 Å². The largest absolute Gasteiger partial charge is 0.497 e. The second-order valence-corrected chi connectivity index (χ2v) is 13.1. The number of anilines is 1. The van der Waals surface area contributed by atoms with Gasteiger partial charge in [-0.2, -0.15) is 0 Å². The zero-order valence-corrected chi connectivity index (χ0v) is 27.9. The summed E-state index contributed by atoms with van der Waals surface area (Å²) in [4.78, 5) is 39.5. The molecular weight excluding hydrogens is 643 g/mol. The Morgan fingerprint density at radius 1 is 1.00 bits per heavy atom. The molecule has 0 saturated carbocycles. The predicted octanol–water partition coefficient (Wildman–Crippen LogP) is 6.14. The number of nitro groups is 1. The highest BCUT2D eigenvalue weighted by Crippen LogP contribution is 2.30. The molecule has 0 radical (unpaired) electrons. The van der Waals surface area contributed by atoms with E-state index in [2.05, 4.69) is 5.32 Å². The minimum Gasteiger partial charge on any atom is -0.497 e. The van der Waals surface area contributed by atoms with Crippen molar-refractivity contribution in [3.8, 4) is 5.75 Å². The topological polar surface area (TPSA) is 139 Å². The lowest BCUT2D eigenvalue weighted by atomic mass is 10.1. The van der Waals surface area contributed by atoms with Gasteiger partial charge >= 0.3 is 0 Å². The Labute approximate surface area is 273 Å². The van der Waals surface area contributed by atoms with Gasteiger partial charge in [-0.05, 0) is 74.7 Å². The lowest BCUT2D eigenvalue weighted by Crippen LogP contribution is -2.53. The molecule has 2 atom stereocenters. The number of hydrogen-bond acceptors (Lipinski definition) is 7. The Morgan fingerprint density at radius 3 is 2.22 bits per heavy atom. The van der Waals surface area contributed by atoms with Crippen LogP contribution < -0.4 is 14.4 Å². The first-order valence-electron chi connectivity index (χ1n) is 14.2. The van der Waals surface area contributed by atoms with Gasteiger partial charge in [0.15, 0.2) is 0 Å². The SMILES string of the molecule is CC[C@@H](C)NC(=O)[C@@H](CC)N(Cc1ccc(Cl)c(Cl)c1)C(=O)CN(c1ccc(OC)cc1)S(=O)(=O)c1ccc(C)c([N+](=O)[O-])c1. The van der Waals surface area contributed by atoms with Crippen molar-refractivity contribution in [1.82, 2.24) is 10.2 Å². The van der Waals surface area contributed by atoms with Gasteiger partial charge in [0, 0.05) is 24.2 Å². The maximum atomic E-state index is 14.2. The van der Waals surface area contributed by atoms with Crippen molar-refractivity contribution in [3.63, 3.8) is 0 Å². The van der Waals surface area contributed by atoms with Crippen molar-refractivity contribution in [3.05, 3.63) is 92.0 Å². The first-order valence-corrected chi connectivity index (χ1v) is 16.4. The molecule has 0 spiro atoms. The highest BCUT2D eigenvalue weighted by Gasteiger charge is 2.34. The highest BCUT2D eigenvalue weighted by atomic mass is 35.5. The number of hydrogen-bond donors (Lipinski definition) is 1. The van der Waals surface area contributed by atoms with E-state index in [0.717, 1.165) is 10.4 Å². The molecule has 11 nitrogen and oxygen atoms in total. The molecule has 0 bridgehead atoms. The van der Waals surface area contributed by atoms with Crippen LogP contribution in [-0.2, 0) is 26.2 Å². The first kappa shape index (κ1) is 35.6. The summed E-state index contributed by atoms with van der Waals surface area (Å²) in [7, 11) is -3.08. The molecule has 0 aliphatic carbocycles. The highest BCUT2D eigenvalue weighted by molar-refractivity contribution is 7.92. The normalized spacial score (nSPS) is 12.6. The number of sulfonamides is 1. The molecule has 2 amide bonds. The molecule has 242 valence electrons. The smallest absolute Gasteiger partial charge is 0.273 e. The molecule has 3 aromatic carbocycles. The molecule has 0 fully saturated rings. The minimum absolute atomic E-state index is 0.0747. The van der Waals surface area contributed by atoms with Gasteiger partial charge in [-0.1, -0.05) is 49.2 Å². The Kier molecular flexibility index (Phi) is 12.2. The summed E-state index contributed by atoms with van der Waals surface area (Å²) >= 11 is 12.3. The lowest BCUT2D eigenvalue weighted by molar-refractivity contribution is -0.385. The molecule has 0 unspecified atom stereocenters. The number of methoxy groups -OCH3 is 1. The Hall–Kier alpha value is -3.87. The number of nitrogens with zero attached hydrogens (tertiary/aromatic N) is 3. The number of nitro benzene ring substituents is 1. The van der Waals surface area contributed by atoms with E-state index in [9.17, 15) is 28.1 Å². The number of rotatable bonds is 14. The Bertz CT molecular complexity index is 1650. The van der Waals surface area contributed by atoms with Crippen LogP contribution in [0.15, 0.2) is 65.6 Å². The fraction of sp³-hybridized carbons (Fsp3) is 0.355. The molecule has 0 saturated heterocycles. The molecule has 14 heteroatoms. The van der Waals surface area contributed by atoms with Crippen molar-refractivity contribution < 1.29 is 27.7 Å². The van der Waals surface area contributed by atoms with Crippen LogP contribution in [0.3, 0.4) is 0 Å². The van der Waals surface area contributed by atoms with E-state index in [1.165, 1.54) is 55.3 Å². The van der Waals surface area contributed by atoms with E-state index in [0.29, 0.717) is 22.8 Å². The second-order valence-electron chi connectivity index (χ2n) is 10.4. The summed E-state index contributed by atoms with van der Waals surface area (Å²) in [5, 5.41) is 15.1. The monoisotopic (exact) mass is 678 g/mol. The zero-order valence-electron chi connectivity index (χ0n) is 25.6. The van der Waals surface area contributed by atoms with Crippen LogP contribution in [0, 0.1) is 17.0 Å². The van der Waals surface area contributed by atoms with Gasteiger partial charge in [0.1, 0.15) is 18.3 Å². The zero-order chi connectivity index (χ0) is 33.5. The third kappa shape index (κ3) is 8.65. The molecule has 45 heavy (non-hydrogen) atoms. The molecule has 0 aliphatic rings. The number of aryl methyl sites for hydroxylation is 1. The van der Waals surface area contributed by atoms with Gasteiger partial charge in [-0.3, -0.25) is 24.0 Å². The third-order valence-electron chi connectivity index (χ3n) is 7.33. The van der Waals surface area contributed by atoms with Crippen LogP contribution in [0.25, 0.3) is 0 Å². The second kappa shape index (κ2) is 15.4. The molecule has 0 heterocycles. The molecule has 1 N–H and O–H groups in total. The van der Waals surface area contributed by atoms with Crippen LogP contribution in [0.1, 0.15) is 44.7 Å². The number of ether oxygens (including phenoxy) is 1. The summed E-state index contributed by atoms with van der Waals surface area (Å²) in [5.74, 6) is -0.635. The maximum Gasteiger partial charge on any atom is 0.273 e. The standard InChI is InChI=1S/C31H36Cl2N4O7S/c1-6-21(4)34-31(39)28(7-2)35(18-22-9-15-26(32)27(33)16-22)30(38)19-36(23-10-12-24(44-5)13-11-23)45(42,43)25-14-8-20(3)29(17-25)37(40)41/h8-17,21,28H,6-7,18-19H2,1-5H3,(H,34,39)/t21-,28-/m1/s1. The molecule has 0 aliphatic heterocycles. The van der Waals surface area contributed by atoms with E-state index >= 15 is 0 Å². The molecule has 3 aromatic rings. The Balaban J connectivity index is 2.13. The van der Waals surface area contributed by atoms with Crippen molar-refractivity contribution in [1.29, 1.82) is 0 Å². The first-order chi connectivity index (χ1) is 21.2. The van der Waals surface area contributed by atoms with Gasteiger partial charge in [-0.25, -0.2) is 8.42 Å². The van der Waals surface area contributed by atoms with Crippen molar-refractivity contribution in [2.45, 2.75) is 64.1 Å². The summed E-state index contributed by atoms with van der Waals surface area (Å²) in [5.41, 5.74) is 0.572. The summed E-state index contributed by atoms with van der Waals surface area (Å²) < 4.78 is 34.3. The van der Waals surface area contributed by atoms with E-state index < -0.39 is 39.3 Å². The fourth-order valence-electron chi connectivity index (χ4n) is 4.55. The van der Waals surface area contributed by atoms with E-state index in [-0.39, 0.29) is 45.9 Å². The lowest BCUT2D eigenvalue weighted by Gasteiger charge is -2.33. The van der Waals surface area contributed by atoms with Gasteiger partial charge in [0.05, 0.1) is 32.7 Å². The number of amides is 2. The van der Waals surface area contributed by atoms with Crippen molar-refractivity contribution in [2.24, 2.45) is 0 Å². The average Bonchev–Trinajstić information content (AvgIpc) is 3.01. The Morgan fingerprint density at radius 2 is 1.67 bits per heavy atom. The van der Waals surface area contributed by atoms with Gasteiger partial charge in [0.25, 0.3) is 15.7 Å². The van der Waals surface area contributed by atoms with Crippen molar-refractivity contribution in [2.75, 3.05) is 18.0 Å². The maximum absolute atomic E-state index is 14.2. The van der Waals surface area contributed by atoms with Crippen molar-refractivity contribution >= 4 is 56.4 Å². The van der Waals surface area contributed by atoms with Gasteiger partial charge in [0.2, 0.25) is 11.8 Å². The number of nitrogens with one attached hydrogen (secondary N) is 1. The van der Waals surface area contributed by atoms with Crippen LogP contribution in [-0.4, -0.2) is 55.8 Å². The van der Waals surface area contributed by atoms with Crippen LogP contribution in [0.2, 0.25) is 10.0 Å². The van der Waals surface area contributed by atoms with Crippen LogP contribution >= 0.6 is 23.2 Å². The number of carbonyl (C=O) groups is 2. The fourth-order valence-corrected chi connectivity index (χ4v) is 6.30. The summed E-state index contributed by atoms with van der Waals surface area (Å²) in [6.45, 7) is 6.21. The summed E-state index contributed by atoms with van der Waals surface area (Å²) in [6, 6.07) is 13.2. The third-order valence-corrected chi connectivity index (χ3v) is 9.84. The number of benzene rings is 3. The quantitative estimate of drug-likeness (QED) is 0.160. The summed E-state index contributed by atoms with van der Waals surface area (Å²) in [6.07, 6.45) is 0.893.